The van der Waals surface area contributed by atoms with E-state index in [-0.39, 0.29) is 5.38 Å². The van der Waals surface area contributed by atoms with Gasteiger partial charge >= 0.3 is 0 Å². The minimum atomic E-state index is -0.0910. The fourth-order valence-corrected chi connectivity index (χ4v) is 3.69. The summed E-state index contributed by atoms with van der Waals surface area (Å²) in [6, 6.07) is 4.07. The van der Waals surface area contributed by atoms with Gasteiger partial charge in [0.05, 0.1) is 5.38 Å². The van der Waals surface area contributed by atoms with E-state index in [1.54, 1.807) is 0 Å². The zero-order valence-corrected chi connectivity index (χ0v) is 14.0. The van der Waals surface area contributed by atoms with Gasteiger partial charge in [-0.15, -0.1) is 11.6 Å². The Morgan fingerprint density at radius 1 is 1.24 bits per heavy atom. The lowest BCUT2D eigenvalue weighted by molar-refractivity contribution is 0.183. The number of fused-ring (bicyclic) bond motifs is 1. The molecule has 1 aliphatic rings. The second-order valence-corrected chi connectivity index (χ2v) is 7.49. The van der Waals surface area contributed by atoms with Crippen LogP contribution in [0, 0.1) is 12.3 Å². The molecule has 1 atom stereocenters. The number of alkyl halides is 1. The predicted octanol–water partition coefficient (Wildman–Crippen LogP) is 5.01. The first-order valence-corrected chi connectivity index (χ1v) is 8.40. The number of hydrogen-bond donors (Lipinski definition) is 0. The van der Waals surface area contributed by atoms with Crippen LogP contribution in [-0.2, 0) is 6.54 Å². The van der Waals surface area contributed by atoms with Crippen LogP contribution in [0.15, 0.2) is 12.1 Å². The average Bonchev–Trinajstić information content (AvgIpc) is 2.77. The molecule has 2 aromatic rings. The smallest absolute Gasteiger partial charge is 0.160 e. The van der Waals surface area contributed by atoms with Crippen molar-refractivity contribution < 1.29 is 0 Å². The molecule has 21 heavy (non-hydrogen) atoms. The number of pyridine rings is 1. The van der Waals surface area contributed by atoms with Gasteiger partial charge in [0.1, 0.15) is 11.3 Å². The maximum Gasteiger partial charge on any atom is 0.160 e. The molecule has 1 saturated carbocycles. The van der Waals surface area contributed by atoms with Crippen LogP contribution in [0.4, 0.5) is 0 Å². The third-order valence-corrected chi connectivity index (χ3v) is 4.91. The third-order valence-electron chi connectivity index (χ3n) is 4.72. The average molecular weight is 306 g/mol. The number of imidazole rings is 1. The van der Waals surface area contributed by atoms with Crippen molar-refractivity contribution in [3.63, 3.8) is 0 Å². The normalized spacial score (nSPS) is 19.8. The molecule has 3 nitrogen and oxygen atoms in total. The van der Waals surface area contributed by atoms with Gasteiger partial charge in [-0.25, -0.2) is 9.97 Å². The number of halogens is 1. The molecule has 3 rings (SSSR count). The van der Waals surface area contributed by atoms with E-state index in [1.165, 1.54) is 32.1 Å². The summed E-state index contributed by atoms with van der Waals surface area (Å²) < 4.78 is 2.27. The van der Waals surface area contributed by atoms with Gasteiger partial charge in [-0.2, -0.15) is 0 Å². The van der Waals surface area contributed by atoms with Gasteiger partial charge in [-0.1, -0.05) is 26.2 Å². The highest BCUT2D eigenvalue weighted by Gasteiger charge is 2.29. The first kappa shape index (κ1) is 14.8. The molecule has 0 N–H and O–H groups in total. The van der Waals surface area contributed by atoms with Crippen LogP contribution in [0.5, 0.6) is 0 Å². The Bertz CT molecular complexity index is 639. The van der Waals surface area contributed by atoms with Gasteiger partial charge in [-0.3, -0.25) is 0 Å². The van der Waals surface area contributed by atoms with E-state index >= 15 is 0 Å². The van der Waals surface area contributed by atoms with Crippen molar-refractivity contribution in [1.29, 1.82) is 0 Å². The summed E-state index contributed by atoms with van der Waals surface area (Å²) in [6.45, 7) is 7.40. The fourth-order valence-electron chi connectivity index (χ4n) is 3.52. The van der Waals surface area contributed by atoms with E-state index in [4.69, 9.17) is 21.6 Å². The number of nitrogens with zero attached hydrogens (tertiary/aromatic N) is 3. The standard InChI is InChI=1S/C17H24ClN3/c1-12-7-8-14-16(19-12)21(15(20-14)13(2)18)11-17(3)9-5-4-6-10-17/h7-8,13H,4-6,9-11H2,1-3H3. The molecule has 0 bridgehead atoms. The van der Waals surface area contributed by atoms with Gasteiger partial charge < -0.3 is 4.57 Å². The summed E-state index contributed by atoms with van der Waals surface area (Å²) >= 11 is 6.37. The SMILES string of the molecule is Cc1ccc2nc(C(C)Cl)n(CC3(C)CCCCC3)c2n1. The van der Waals surface area contributed by atoms with Crippen LogP contribution in [0.2, 0.25) is 0 Å². The summed E-state index contributed by atoms with van der Waals surface area (Å²) in [5, 5.41) is -0.0910. The maximum atomic E-state index is 6.37. The van der Waals surface area contributed by atoms with Gasteiger partial charge in [0.2, 0.25) is 0 Å². The van der Waals surface area contributed by atoms with Crippen LogP contribution >= 0.6 is 11.6 Å². The van der Waals surface area contributed by atoms with Crippen molar-refractivity contribution in [2.45, 2.75) is 64.8 Å². The summed E-state index contributed by atoms with van der Waals surface area (Å²) in [5.41, 5.74) is 3.33. The topological polar surface area (TPSA) is 30.7 Å². The fraction of sp³-hybridized carbons (Fsp3) is 0.647. The molecule has 0 aliphatic heterocycles. The van der Waals surface area contributed by atoms with Gasteiger partial charge in [0.15, 0.2) is 5.65 Å². The van der Waals surface area contributed by atoms with Crippen LogP contribution in [0.1, 0.15) is 62.8 Å². The van der Waals surface area contributed by atoms with E-state index in [1.807, 2.05) is 19.9 Å². The van der Waals surface area contributed by atoms with E-state index in [2.05, 4.69) is 17.6 Å². The third kappa shape index (κ3) is 2.94. The maximum absolute atomic E-state index is 6.37. The molecule has 114 valence electrons. The summed E-state index contributed by atoms with van der Waals surface area (Å²) in [7, 11) is 0. The molecule has 2 heterocycles. The molecule has 4 heteroatoms. The van der Waals surface area contributed by atoms with E-state index < -0.39 is 0 Å². The molecule has 0 amide bonds. The highest BCUT2D eigenvalue weighted by atomic mass is 35.5. The Morgan fingerprint density at radius 2 is 1.95 bits per heavy atom. The van der Waals surface area contributed by atoms with Crippen LogP contribution in [0.3, 0.4) is 0 Å². The van der Waals surface area contributed by atoms with Crippen molar-refractivity contribution >= 4 is 22.8 Å². The minimum absolute atomic E-state index is 0.0910. The second-order valence-electron chi connectivity index (χ2n) is 6.84. The highest BCUT2D eigenvalue weighted by molar-refractivity contribution is 6.20. The van der Waals surface area contributed by atoms with Crippen LogP contribution in [-0.4, -0.2) is 14.5 Å². The highest BCUT2D eigenvalue weighted by Crippen LogP contribution is 2.39. The summed E-state index contributed by atoms with van der Waals surface area (Å²) in [6.07, 6.45) is 6.61. The van der Waals surface area contributed by atoms with E-state index in [0.717, 1.165) is 29.2 Å². The van der Waals surface area contributed by atoms with E-state index in [0.29, 0.717) is 5.41 Å². The van der Waals surface area contributed by atoms with Crippen LogP contribution in [0.25, 0.3) is 11.2 Å². The summed E-state index contributed by atoms with van der Waals surface area (Å²) in [5.74, 6) is 0.955. The number of hydrogen-bond acceptors (Lipinski definition) is 2. The van der Waals surface area contributed by atoms with Crippen molar-refractivity contribution in [2.24, 2.45) is 5.41 Å². The lowest BCUT2D eigenvalue weighted by Crippen LogP contribution is -2.27. The van der Waals surface area contributed by atoms with Gasteiger partial charge in [-0.05, 0) is 44.2 Å². The molecule has 1 fully saturated rings. The molecule has 0 spiro atoms. The second kappa shape index (κ2) is 5.60. The molecule has 0 aromatic carbocycles. The number of aryl methyl sites for hydroxylation is 1. The van der Waals surface area contributed by atoms with E-state index in [9.17, 15) is 0 Å². The van der Waals surface area contributed by atoms with Crippen molar-refractivity contribution in [3.05, 3.63) is 23.7 Å². The molecule has 1 unspecified atom stereocenters. The largest absolute Gasteiger partial charge is 0.311 e. The minimum Gasteiger partial charge on any atom is -0.311 e. The Balaban J connectivity index is 2.06. The first-order valence-electron chi connectivity index (χ1n) is 7.96. The Labute approximate surface area is 131 Å². The van der Waals surface area contributed by atoms with Gasteiger partial charge in [0, 0.05) is 12.2 Å². The monoisotopic (exact) mass is 305 g/mol. The quantitative estimate of drug-likeness (QED) is 0.746. The molecule has 0 saturated heterocycles. The molecule has 0 radical (unpaired) electrons. The molecular weight excluding hydrogens is 282 g/mol. The van der Waals surface area contributed by atoms with Crippen molar-refractivity contribution in [3.8, 4) is 0 Å². The Kier molecular flexibility index (Phi) is 3.96. The Morgan fingerprint density at radius 3 is 2.62 bits per heavy atom. The van der Waals surface area contributed by atoms with Crippen LogP contribution < -0.4 is 0 Å². The molecular formula is C17H24ClN3. The van der Waals surface area contributed by atoms with Gasteiger partial charge in [0.25, 0.3) is 0 Å². The van der Waals surface area contributed by atoms with Crippen molar-refractivity contribution in [2.75, 3.05) is 0 Å². The summed E-state index contributed by atoms with van der Waals surface area (Å²) in [4.78, 5) is 9.44. The Hall–Kier alpha value is -1.09. The number of aromatic nitrogens is 3. The lowest BCUT2D eigenvalue weighted by Gasteiger charge is -2.34. The zero-order chi connectivity index (χ0) is 15.0. The number of rotatable bonds is 3. The zero-order valence-electron chi connectivity index (χ0n) is 13.2. The lowest BCUT2D eigenvalue weighted by atomic mass is 9.75. The van der Waals surface area contributed by atoms with Crippen molar-refractivity contribution in [1.82, 2.24) is 14.5 Å². The first-order chi connectivity index (χ1) is 9.98. The molecule has 1 aliphatic carbocycles. The molecule has 2 aromatic heterocycles. The predicted molar refractivity (Wildman–Crippen MR) is 87.7 cm³/mol.